The van der Waals surface area contributed by atoms with Crippen molar-refractivity contribution < 1.29 is 10.2 Å². The average Bonchev–Trinajstić information content (AvgIpc) is 2.71. The molecule has 1 fully saturated rings. The molecule has 0 heterocycles. The van der Waals surface area contributed by atoms with Gasteiger partial charge in [-0.15, -0.1) is 0 Å². The zero-order chi connectivity index (χ0) is 23.5. The lowest BCUT2D eigenvalue weighted by molar-refractivity contribution is 0.390. The molecule has 2 aromatic rings. The summed E-state index contributed by atoms with van der Waals surface area (Å²) >= 11 is 0. The first-order valence-corrected chi connectivity index (χ1v) is 11.3. The van der Waals surface area contributed by atoms with E-state index in [1.165, 1.54) is 0 Å². The molecular formula is C26H38N4O2+2. The largest absolute Gasteiger partial charge is 0.507 e. The molecule has 0 bridgehead atoms. The number of quaternary nitrogens is 2. The number of benzene rings is 2. The molecule has 0 saturated heterocycles. The molecule has 32 heavy (non-hydrogen) atoms. The lowest BCUT2D eigenvalue weighted by Crippen LogP contribution is -2.34. The molecule has 0 radical (unpaired) electrons. The Hall–Kier alpha value is -2.70. The summed E-state index contributed by atoms with van der Waals surface area (Å²) in [6.45, 7) is 0. The Morgan fingerprint density at radius 2 is 1.06 bits per heavy atom. The van der Waals surface area contributed by atoms with E-state index in [-0.39, 0.29) is 23.6 Å². The number of phenolic OH excluding ortho intramolecular Hbond substituents is 2. The van der Waals surface area contributed by atoms with Gasteiger partial charge in [0.2, 0.25) is 0 Å². The van der Waals surface area contributed by atoms with Gasteiger partial charge in [0.1, 0.15) is 22.9 Å². The van der Waals surface area contributed by atoms with Gasteiger partial charge >= 0.3 is 0 Å². The fraction of sp³-hybridized carbons (Fsp3) is 0.462. The van der Waals surface area contributed by atoms with E-state index in [1.807, 2.05) is 24.3 Å². The Labute approximate surface area is 192 Å². The van der Waals surface area contributed by atoms with Gasteiger partial charge in [0.05, 0.1) is 54.4 Å². The van der Waals surface area contributed by atoms with Crippen LogP contribution in [-0.4, -0.2) is 77.0 Å². The first kappa shape index (κ1) is 24.0. The Balaban J connectivity index is 1.75. The van der Waals surface area contributed by atoms with Crippen molar-refractivity contribution in [2.24, 2.45) is 9.98 Å². The van der Waals surface area contributed by atoms with Crippen molar-refractivity contribution in [2.75, 3.05) is 42.3 Å². The molecular weight excluding hydrogens is 400 g/mol. The normalized spacial score (nSPS) is 20.3. The van der Waals surface area contributed by atoms with Crippen molar-refractivity contribution in [3.8, 4) is 11.5 Å². The molecule has 6 nitrogen and oxygen atoms in total. The first-order chi connectivity index (χ1) is 14.9. The van der Waals surface area contributed by atoms with Crippen molar-refractivity contribution in [2.45, 2.75) is 37.8 Å². The van der Waals surface area contributed by atoms with Crippen molar-refractivity contribution >= 4 is 23.8 Å². The molecule has 1 aliphatic carbocycles. The second-order valence-electron chi connectivity index (χ2n) is 10.5. The number of rotatable bonds is 6. The molecule has 2 atom stereocenters. The number of aromatic hydroxyl groups is 2. The summed E-state index contributed by atoms with van der Waals surface area (Å²) in [6, 6.07) is 11.7. The summed E-state index contributed by atoms with van der Waals surface area (Å²) in [7, 11) is 12.4. The standard InChI is InChI=1S/C26H36N4O2/c1-29(2,3)21-13-11-19(25(31)15-21)17-27-23-9-7-8-10-24(23)28-18-20-12-14-22(16-26(20)32)30(4,5)6/h11-18,23-24H,7-10H2,1-6H3/p+2/t23-,24-/m0/s1. The lowest BCUT2D eigenvalue weighted by Gasteiger charge is -2.26. The maximum absolute atomic E-state index is 10.5. The predicted molar refractivity (Wildman–Crippen MR) is 137 cm³/mol. The molecule has 3 rings (SSSR count). The van der Waals surface area contributed by atoms with Gasteiger partial charge < -0.3 is 10.2 Å². The Kier molecular flexibility index (Phi) is 7.06. The summed E-state index contributed by atoms with van der Waals surface area (Å²) in [6.07, 6.45) is 7.76. The lowest BCUT2D eigenvalue weighted by atomic mass is 9.91. The number of nitrogens with zero attached hydrogens (tertiary/aromatic N) is 4. The van der Waals surface area contributed by atoms with Crippen molar-refractivity contribution in [3.63, 3.8) is 0 Å². The molecule has 0 amide bonds. The predicted octanol–water partition coefficient (Wildman–Crippen LogP) is 4.34. The van der Waals surface area contributed by atoms with E-state index in [0.29, 0.717) is 8.97 Å². The van der Waals surface area contributed by atoms with Crippen LogP contribution in [0.3, 0.4) is 0 Å². The summed E-state index contributed by atoms with van der Waals surface area (Å²) in [5.41, 5.74) is 3.53. The molecule has 1 aliphatic rings. The van der Waals surface area contributed by atoms with Gasteiger partial charge in [0.15, 0.2) is 0 Å². The van der Waals surface area contributed by atoms with E-state index in [2.05, 4.69) is 42.3 Å². The summed E-state index contributed by atoms with van der Waals surface area (Å²) in [4.78, 5) is 9.60. The maximum Gasteiger partial charge on any atom is 0.135 e. The Morgan fingerprint density at radius 1 is 0.688 bits per heavy atom. The summed E-state index contributed by atoms with van der Waals surface area (Å²) < 4.78 is 1.29. The van der Waals surface area contributed by atoms with Crippen LogP contribution in [0.1, 0.15) is 36.8 Å². The van der Waals surface area contributed by atoms with Crippen LogP contribution >= 0.6 is 0 Å². The van der Waals surface area contributed by atoms with Gasteiger partial charge in [-0.05, 0) is 25.0 Å². The molecule has 0 unspecified atom stereocenters. The Bertz CT molecular complexity index is 918. The number of phenols is 2. The van der Waals surface area contributed by atoms with Crippen LogP contribution < -0.4 is 8.97 Å². The number of hydrogen-bond acceptors (Lipinski definition) is 4. The second kappa shape index (κ2) is 9.43. The molecule has 1 saturated carbocycles. The third-order valence-corrected chi connectivity index (χ3v) is 6.08. The van der Waals surface area contributed by atoms with Crippen LogP contribution in [0, 0.1) is 0 Å². The zero-order valence-corrected chi connectivity index (χ0v) is 20.3. The van der Waals surface area contributed by atoms with Crippen molar-refractivity contribution in [1.82, 2.24) is 8.97 Å². The highest BCUT2D eigenvalue weighted by atomic mass is 16.3. The third kappa shape index (κ3) is 5.96. The highest BCUT2D eigenvalue weighted by Gasteiger charge is 2.24. The maximum atomic E-state index is 10.5. The van der Waals surface area contributed by atoms with Gasteiger partial charge in [-0.25, -0.2) is 0 Å². The van der Waals surface area contributed by atoms with E-state index in [9.17, 15) is 10.2 Å². The minimum absolute atomic E-state index is 0.0742. The zero-order valence-electron chi connectivity index (χ0n) is 20.3. The van der Waals surface area contributed by atoms with Gasteiger partial charge in [0.25, 0.3) is 0 Å². The van der Waals surface area contributed by atoms with E-state index in [1.54, 1.807) is 24.6 Å². The molecule has 2 aromatic carbocycles. The highest BCUT2D eigenvalue weighted by molar-refractivity contribution is 5.85. The van der Waals surface area contributed by atoms with Gasteiger partial charge in [-0.1, -0.05) is 12.8 Å². The van der Waals surface area contributed by atoms with Crippen LogP contribution in [0.5, 0.6) is 11.5 Å². The summed E-state index contributed by atoms with van der Waals surface area (Å²) in [5.74, 6) is 0.495. The van der Waals surface area contributed by atoms with E-state index in [4.69, 9.17) is 9.98 Å². The van der Waals surface area contributed by atoms with E-state index in [0.717, 1.165) is 48.2 Å². The fourth-order valence-electron chi connectivity index (χ4n) is 3.91. The van der Waals surface area contributed by atoms with Crippen LogP contribution in [-0.2, 0) is 0 Å². The minimum atomic E-state index is 0.0742. The molecule has 0 aromatic heterocycles. The number of hydrogen-bond donors (Lipinski definition) is 2. The van der Waals surface area contributed by atoms with Gasteiger partial charge in [0, 0.05) is 47.8 Å². The van der Waals surface area contributed by atoms with Crippen LogP contribution in [0.15, 0.2) is 46.4 Å². The number of aliphatic imine (C=N–C) groups is 2. The molecule has 0 aliphatic heterocycles. The third-order valence-electron chi connectivity index (χ3n) is 6.08. The SMILES string of the molecule is C[N+](C)(C)c1ccc(C=N[C@H]2CCCC[C@@H]2N=Cc2ccc([N+](C)(C)C)cc2O)c(O)c1. The Morgan fingerprint density at radius 3 is 1.38 bits per heavy atom. The van der Waals surface area contributed by atoms with Crippen LogP contribution in [0.25, 0.3) is 0 Å². The first-order valence-electron chi connectivity index (χ1n) is 11.3. The summed E-state index contributed by atoms with van der Waals surface area (Å²) in [5, 5.41) is 20.9. The van der Waals surface area contributed by atoms with E-state index < -0.39 is 0 Å². The monoisotopic (exact) mass is 438 g/mol. The molecule has 172 valence electrons. The minimum Gasteiger partial charge on any atom is -0.507 e. The molecule has 0 spiro atoms. The van der Waals surface area contributed by atoms with E-state index >= 15 is 0 Å². The van der Waals surface area contributed by atoms with Gasteiger partial charge in [-0.2, -0.15) is 0 Å². The molecule has 2 N–H and O–H groups in total. The fourth-order valence-corrected chi connectivity index (χ4v) is 3.91. The second-order valence-corrected chi connectivity index (χ2v) is 10.5. The van der Waals surface area contributed by atoms with Crippen LogP contribution in [0.2, 0.25) is 0 Å². The van der Waals surface area contributed by atoms with Crippen LogP contribution in [0.4, 0.5) is 11.4 Å². The van der Waals surface area contributed by atoms with Crippen molar-refractivity contribution in [3.05, 3.63) is 47.5 Å². The molecule has 6 heteroatoms. The van der Waals surface area contributed by atoms with Gasteiger partial charge in [-0.3, -0.25) is 19.0 Å². The highest BCUT2D eigenvalue weighted by Crippen LogP contribution is 2.28. The smallest absolute Gasteiger partial charge is 0.135 e. The quantitative estimate of drug-likeness (QED) is 0.520. The topological polar surface area (TPSA) is 65.2 Å². The average molecular weight is 439 g/mol. The van der Waals surface area contributed by atoms with Crippen molar-refractivity contribution in [1.29, 1.82) is 0 Å².